The van der Waals surface area contributed by atoms with Crippen molar-refractivity contribution < 1.29 is 5.21 Å². The average Bonchev–Trinajstić information content (AvgIpc) is 2.13. The van der Waals surface area contributed by atoms with Crippen molar-refractivity contribution in [3.05, 3.63) is 11.8 Å². The van der Waals surface area contributed by atoms with Crippen molar-refractivity contribution in [1.82, 2.24) is 9.78 Å². The highest BCUT2D eigenvalue weighted by Crippen LogP contribution is 2.00. The van der Waals surface area contributed by atoms with Gasteiger partial charge in [0.25, 0.3) is 0 Å². The number of aryl methyl sites for hydroxylation is 1. The van der Waals surface area contributed by atoms with Crippen LogP contribution in [-0.2, 0) is 7.05 Å². The van der Waals surface area contributed by atoms with Crippen molar-refractivity contribution in [3.63, 3.8) is 0 Å². The normalized spacial score (nSPS) is 10.9. The van der Waals surface area contributed by atoms with E-state index in [0.717, 1.165) is 0 Å². The van der Waals surface area contributed by atoms with Crippen LogP contribution in [0.25, 0.3) is 0 Å². The Hall–Kier alpha value is -1.52. The molecule has 5 heteroatoms. The van der Waals surface area contributed by atoms with E-state index in [-0.39, 0.29) is 0 Å². The van der Waals surface area contributed by atoms with Gasteiger partial charge in [-0.3, -0.25) is 4.68 Å². The quantitative estimate of drug-likeness (QED) is 0.322. The van der Waals surface area contributed by atoms with Crippen molar-refractivity contribution in [2.75, 3.05) is 5.73 Å². The predicted molar refractivity (Wildman–Crippen MR) is 37.0 cm³/mol. The Kier molecular flexibility index (Phi) is 1.57. The number of nitrogens with two attached hydrogens (primary N) is 1. The first-order valence-corrected chi connectivity index (χ1v) is 2.71. The van der Waals surface area contributed by atoms with Gasteiger partial charge < -0.3 is 10.9 Å². The number of nitrogens with zero attached hydrogens (tertiary/aromatic N) is 3. The summed E-state index contributed by atoms with van der Waals surface area (Å²) < 4.78 is 1.52. The minimum atomic E-state index is 0.414. The van der Waals surface area contributed by atoms with E-state index >= 15 is 0 Å². The molecule has 0 saturated heterocycles. The Bertz CT molecular complexity index is 252. The molecular weight excluding hydrogens is 132 g/mol. The van der Waals surface area contributed by atoms with Gasteiger partial charge in [0, 0.05) is 13.1 Å². The molecule has 0 aliphatic rings. The largest absolute Gasteiger partial charge is 0.411 e. The first kappa shape index (κ1) is 6.60. The summed E-state index contributed by atoms with van der Waals surface area (Å²) >= 11 is 0. The number of aromatic nitrogens is 2. The molecule has 1 aromatic rings. The molecule has 54 valence electrons. The zero-order valence-corrected chi connectivity index (χ0v) is 5.52. The summed E-state index contributed by atoms with van der Waals surface area (Å²) in [6.45, 7) is 0. The van der Waals surface area contributed by atoms with E-state index in [1.807, 2.05) is 0 Å². The van der Waals surface area contributed by atoms with Crippen LogP contribution in [0.4, 0.5) is 5.82 Å². The minimum Gasteiger partial charge on any atom is -0.411 e. The molecule has 0 atom stereocenters. The van der Waals surface area contributed by atoms with Gasteiger partial charge in [0.05, 0.1) is 11.9 Å². The third-order valence-electron chi connectivity index (χ3n) is 1.12. The van der Waals surface area contributed by atoms with Crippen LogP contribution in [0.15, 0.2) is 11.2 Å². The lowest BCUT2D eigenvalue weighted by Gasteiger charge is -1.88. The van der Waals surface area contributed by atoms with Gasteiger partial charge in [0.15, 0.2) is 0 Å². The molecule has 5 nitrogen and oxygen atoms in total. The van der Waals surface area contributed by atoms with Gasteiger partial charge in [-0.25, -0.2) is 0 Å². The minimum absolute atomic E-state index is 0.414. The van der Waals surface area contributed by atoms with Crippen LogP contribution < -0.4 is 5.73 Å². The second-order valence-corrected chi connectivity index (χ2v) is 1.86. The summed E-state index contributed by atoms with van der Waals surface area (Å²) in [7, 11) is 1.72. The van der Waals surface area contributed by atoms with E-state index in [1.54, 1.807) is 13.1 Å². The Morgan fingerprint density at radius 1 is 1.90 bits per heavy atom. The number of nitrogen functional groups attached to an aromatic ring is 1. The van der Waals surface area contributed by atoms with Crippen LogP contribution in [-0.4, -0.2) is 21.2 Å². The number of hydrogen-bond donors (Lipinski definition) is 2. The van der Waals surface area contributed by atoms with Crippen LogP contribution in [0.2, 0.25) is 0 Å². The first-order chi connectivity index (χ1) is 4.74. The maximum absolute atomic E-state index is 8.14. The topological polar surface area (TPSA) is 76.4 Å². The van der Waals surface area contributed by atoms with Gasteiger partial charge in [-0.15, -0.1) is 0 Å². The molecule has 0 spiro atoms. The van der Waals surface area contributed by atoms with Crippen molar-refractivity contribution >= 4 is 12.0 Å². The molecule has 1 heterocycles. The van der Waals surface area contributed by atoms with Gasteiger partial charge in [0.1, 0.15) is 5.82 Å². The number of rotatable bonds is 1. The molecule has 0 saturated carbocycles. The van der Waals surface area contributed by atoms with Gasteiger partial charge in [-0.2, -0.15) is 5.10 Å². The summed E-state index contributed by atoms with van der Waals surface area (Å²) in [5.74, 6) is 0.414. The molecule has 3 N–H and O–H groups in total. The first-order valence-electron chi connectivity index (χ1n) is 2.71. The second-order valence-electron chi connectivity index (χ2n) is 1.86. The highest BCUT2D eigenvalue weighted by molar-refractivity contribution is 5.77. The Morgan fingerprint density at radius 3 is 3.00 bits per heavy atom. The molecular formula is C5H8N4O. The van der Waals surface area contributed by atoms with Gasteiger partial charge >= 0.3 is 0 Å². The molecule has 0 fully saturated rings. The zero-order valence-electron chi connectivity index (χ0n) is 5.52. The van der Waals surface area contributed by atoms with Crippen molar-refractivity contribution in [3.8, 4) is 0 Å². The lowest BCUT2D eigenvalue weighted by molar-refractivity contribution is 0.321. The molecule has 0 radical (unpaired) electrons. The lowest BCUT2D eigenvalue weighted by atomic mass is 10.4. The molecule has 0 unspecified atom stereocenters. The van der Waals surface area contributed by atoms with E-state index in [1.165, 1.54) is 10.9 Å². The van der Waals surface area contributed by atoms with E-state index in [4.69, 9.17) is 10.9 Å². The summed E-state index contributed by atoms with van der Waals surface area (Å²) in [4.78, 5) is 0. The molecule has 0 bridgehead atoms. The van der Waals surface area contributed by atoms with Gasteiger partial charge in [0.2, 0.25) is 0 Å². The second kappa shape index (κ2) is 2.38. The highest BCUT2D eigenvalue weighted by Gasteiger charge is 1.97. The summed E-state index contributed by atoms with van der Waals surface area (Å²) in [6, 6.07) is 1.61. The third-order valence-corrected chi connectivity index (χ3v) is 1.12. The standard InChI is InChI=1S/C5H8N4O/c1-9-4(3-7-10)2-5(6)8-9/h2-3,10H,1H3,(H2,6,8). The fourth-order valence-corrected chi connectivity index (χ4v) is 0.685. The third kappa shape index (κ3) is 1.07. The van der Waals surface area contributed by atoms with E-state index < -0.39 is 0 Å². The predicted octanol–water partition coefficient (Wildman–Crippen LogP) is -0.190. The lowest BCUT2D eigenvalue weighted by Crippen LogP contribution is -1.96. The van der Waals surface area contributed by atoms with Crippen LogP contribution in [0, 0.1) is 0 Å². The summed E-state index contributed by atoms with van der Waals surface area (Å²) in [5.41, 5.74) is 6.00. The fourth-order valence-electron chi connectivity index (χ4n) is 0.685. The SMILES string of the molecule is Cn1nc(N)cc1C=NO. The van der Waals surface area contributed by atoms with Crippen molar-refractivity contribution in [1.29, 1.82) is 0 Å². The molecule has 1 aromatic heterocycles. The van der Waals surface area contributed by atoms with Crippen LogP contribution in [0.5, 0.6) is 0 Å². The van der Waals surface area contributed by atoms with Crippen molar-refractivity contribution in [2.24, 2.45) is 12.2 Å². The smallest absolute Gasteiger partial charge is 0.146 e. The van der Waals surface area contributed by atoms with Gasteiger partial charge in [-0.05, 0) is 0 Å². The molecule has 0 aliphatic heterocycles. The summed E-state index contributed by atoms with van der Waals surface area (Å²) in [6.07, 6.45) is 1.27. The maximum Gasteiger partial charge on any atom is 0.146 e. The average molecular weight is 140 g/mol. The molecule has 0 aliphatic carbocycles. The Morgan fingerprint density at radius 2 is 2.60 bits per heavy atom. The summed E-state index contributed by atoms with van der Waals surface area (Å²) in [5, 5.41) is 14.8. The van der Waals surface area contributed by atoms with Crippen LogP contribution in [0.1, 0.15) is 5.69 Å². The van der Waals surface area contributed by atoms with Crippen LogP contribution in [0.3, 0.4) is 0 Å². The zero-order chi connectivity index (χ0) is 7.56. The molecule has 0 amide bonds. The van der Waals surface area contributed by atoms with E-state index in [2.05, 4.69) is 10.3 Å². The number of hydrogen-bond acceptors (Lipinski definition) is 4. The maximum atomic E-state index is 8.14. The van der Waals surface area contributed by atoms with E-state index in [0.29, 0.717) is 11.5 Å². The number of oxime groups is 1. The fraction of sp³-hybridized carbons (Fsp3) is 0.200. The molecule has 10 heavy (non-hydrogen) atoms. The monoisotopic (exact) mass is 140 g/mol. The molecule has 0 aromatic carbocycles. The van der Waals surface area contributed by atoms with Crippen LogP contribution >= 0.6 is 0 Å². The van der Waals surface area contributed by atoms with E-state index in [9.17, 15) is 0 Å². The van der Waals surface area contributed by atoms with Crippen molar-refractivity contribution in [2.45, 2.75) is 0 Å². The van der Waals surface area contributed by atoms with Gasteiger partial charge in [-0.1, -0.05) is 5.16 Å². The Balaban J connectivity index is 3.03. The molecule has 1 rings (SSSR count). The Labute approximate surface area is 57.8 Å². The highest BCUT2D eigenvalue weighted by atomic mass is 16.4. The number of anilines is 1.